The van der Waals surface area contributed by atoms with Crippen molar-refractivity contribution < 1.29 is 0 Å². The molecule has 0 radical (unpaired) electrons. The molecular formula is C16H23ClN4. The monoisotopic (exact) mass is 306 g/mol. The van der Waals surface area contributed by atoms with Crippen LogP contribution in [0.2, 0.25) is 5.02 Å². The maximum atomic E-state index is 6.25. The third kappa shape index (κ3) is 3.44. The number of aromatic nitrogens is 3. The number of halogens is 1. The average Bonchev–Trinajstić information content (AvgIpc) is 2.72. The van der Waals surface area contributed by atoms with Crippen LogP contribution in [0.5, 0.6) is 0 Å². The third-order valence-electron chi connectivity index (χ3n) is 3.48. The molecule has 21 heavy (non-hydrogen) atoms. The Morgan fingerprint density at radius 3 is 2.52 bits per heavy atom. The van der Waals surface area contributed by atoms with Gasteiger partial charge in [0.05, 0.1) is 16.4 Å². The van der Waals surface area contributed by atoms with Crippen molar-refractivity contribution in [2.24, 2.45) is 0 Å². The molecule has 0 saturated heterocycles. The molecule has 0 saturated carbocycles. The lowest BCUT2D eigenvalue weighted by Crippen LogP contribution is -2.14. The van der Waals surface area contributed by atoms with Crippen LogP contribution in [0.4, 0.5) is 0 Å². The molecule has 0 aliphatic rings. The van der Waals surface area contributed by atoms with Crippen LogP contribution in [0.15, 0.2) is 12.1 Å². The predicted molar refractivity (Wildman–Crippen MR) is 87.3 cm³/mol. The minimum atomic E-state index is 0.373. The van der Waals surface area contributed by atoms with E-state index < -0.39 is 0 Å². The molecule has 5 heteroatoms. The summed E-state index contributed by atoms with van der Waals surface area (Å²) in [4.78, 5) is 4.74. The quantitative estimate of drug-likeness (QED) is 0.914. The largest absolute Gasteiger partial charge is 0.313 e. The summed E-state index contributed by atoms with van der Waals surface area (Å²) < 4.78 is 1.83. The van der Waals surface area contributed by atoms with Gasteiger partial charge in [-0.05, 0) is 44.0 Å². The van der Waals surface area contributed by atoms with Crippen molar-refractivity contribution >= 4 is 11.6 Å². The molecule has 0 aliphatic heterocycles. The first-order valence-corrected chi connectivity index (χ1v) is 7.75. The SMILES string of the molecule is CCNCc1cc(C(C)C)nc(-n2nc(C)c(Cl)c2C)c1. The highest BCUT2D eigenvalue weighted by Gasteiger charge is 2.14. The lowest BCUT2D eigenvalue weighted by Gasteiger charge is -2.12. The second kappa shape index (κ2) is 6.58. The molecule has 0 spiro atoms. The van der Waals surface area contributed by atoms with Crippen LogP contribution in [0.3, 0.4) is 0 Å². The summed E-state index contributed by atoms with van der Waals surface area (Å²) in [5, 5.41) is 8.57. The van der Waals surface area contributed by atoms with Crippen LogP contribution in [0, 0.1) is 13.8 Å². The average molecular weight is 307 g/mol. The standard InChI is InChI=1S/C16H23ClN4/c1-6-18-9-13-7-14(10(2)3)19-15(8-13)21-12(5)16(17)11(4)20-21/h7-8,10,18H,6,9H2,1-5H3. The molecule has 1 N–H and O–H groups in total. The van der Waals surface area contributed by atoms with E-state index in [0.29, 0.717) is 10.9 Å². The van der Waals surface area contributed by atoms with E-state index in [4.69, 9.17) is 16.6 Å². The number of nitrogens with one attached hydrogen (secondary N) is 1. The highest BCUT2D eigenvalue weighted by molar-refractivity contribution is 6.31. The molecule has 0 bridgehead atoms. The highest BCUT2D eigenvalue weighted by atomic mass is 35.5. The normalized spacial score (nSPS) is 11.4. The predicted octanol–water partition coefficient (Wildman–Crippen LogP) is 3.77. The van der Waals surface area contributed by atoms with E-state index in [2.05, 4.69) is 43.3 Å². The number of aryl methyl sites for hydroxylation is 1. The molecule has 0 fully saturated rings. The Labute approximate surface area is 131 Å². The van der Waals surface area contributed by atoms with Crippen molar-refractivity contribution in [2.75, 3.05) is 6.54 Å². The van der Waals surface area contributed by atoms with Gasteiger partial charge in [-0.2, -0.15) is 5.10 Å². The van der Waals surface area contributed by atoms with Gasteiger partial charge in [0, 0.05) is 12.2 Å². The number of hydrogen-bond acceptors (Lipinski definition) is 3. The molecule has 2 aromatic heterocycles. The first kappa shape index (κ1) is 16.0. The second-order valence-electron chi connectivity index (χ2n) is 5.59. The summed E-state index contributed by atoms with van der Waals surface area (Å²) in [5.41, 5.74) is 4.05. The van der Waals surface area contributed by atoms with Gasteiger partial charge in [0.15, 0.2) is 5.82 Å². The first-order chi connectivity index (χ1) is 9.93. The Hall–Kier alpha value is -1.39. The van der Waals surface area contributed by atoms with Gasteiger partial charge in [0.25, 0.3) is 0 Å². The Morgan fingerprint density at radius 1 is 1.29 bits per heavy atom. The van der Waals surface area contributed by atoms with Crippen LogP contribution >= 0.6 is 11.6 Å². The summed E-state index contributed by atoms with van der Waals surface area (Å²) in [6, 6.07) is 4.23. The van der Waals surface area contributed by atoms with E-state index in [-0.39, 0.29) is 0 Å². The summed E-state index contributed by atoms with van der Waals surface area (Å²) in [6.07, 6.45) is 0. The lowest BCUT2D eigenvalue weighted by molar-refractivity contribution is 0.712. The van der Waals surface area contributed by atoms with Crippen molar-refractivity contribution in [2.45, 2.75) is 47.1 Å². The minimum absolute atomic E-state index is 0.373. The number of rotatable bonds is 5. The lowest BCUT2D eigenvalue weighted by atomic mass is 10.1. The fourth-order valence-electron chi connectivity index (χ4n) is 2.22. The van der Waals surface area contributed by atoms with Gasteiger partial charge in [-0.15, -0.1) is 0 Å². The van der Waals surface area contributed by atoms with Gasteiger partial charge in [-0.1, -0.05) is 32.4 Å². The summed E-state index contributed by atoms with van der Waals surface area (Å²) >= 11 is 6.25. The molecule has 0 aromatic carbocycles. The number of nitrogens with zero attached hydrogens (tertiary/aromatic N) is 3. The van der Waals surface area contributed by atoms with E-state index in [0.717, 1.165) is 36.0 Å². The molecule has 0 atom stereocenters. The summed E-state index contributed by atoms with van der Waals surface area (Å²) in [5.74, 6) is 1.21. The molecule has 2 aromatic rings. The zero-order valence-corrected chi connectivity index (χ0v) is 14.1. The van der Waals surface area contributed by atoms with Gasteiger partial charge < -0.3 is 5.32 Å². The Kier molecular flexibility index (Phi) is 5.01. The van der Waals surface area contributed by atoms with Crippen LogP contribution in [-0.4, -0.2) is 21.3 Å². The number of pyridine rings is 1. The minimum Gasteiger partial charge on any atom is -0.313 e. The Morgan fingerprint density at radius 2 is 2.00 bits per heavy atom. The van der Waals surface area contributed by atoms with Crippen molar-refractivity contribution in [1.82, 2.24) is 20.1 Å². The van der Waals surface area contributed by atoms with Crippen molar-refractivity contribution in [3.8, 4) is 5.82 Å². The Balaban J connectivity index is 2.51. The van der Waals surface area contributed by atoms with Crippen LogP contribution in [0.1, 0.15) is 49.3 Å². The van der Waals surface area contributed by atoms with E-state index in [9.17, 15) is 0 Å². The molecule has 114 valence electrons. The highest BCUT2D eigenvalue weighted by Crippen LogP contribution is 2.23. The summed E-state index contributed by atoms with van der Waals surface area (Å²) in [6.45, 7) is 12.1. The topological polar surface area (TPSA) is 42.7 Å². The number of hydrogen-bond donors (Lipinski definition) is 1. The maximum Gasteiger partial charge on any atom is 0.154 e. The smallest absolute Gasteiger partial charge is 0.154 e. The molecule has 4 nitrogen and oxygen atoms in total. The summed E-state index contributed by atoms with van der Waals surface area (Å²) in [7, 11) is 0. The van der Waals surface area contributed by atoms with Crippen LogP contribution in [-0.2, 0) is 6.54 Å². The van der Waals surface area contributed by atoms with Gasteiger partial charge in [0.1, 0.15) is 0 Å². The fourth-order valence-corrected chi connectivity index (χ4v) is 2.33. The molecular weight excluding hydrogens is 284 g/mol. The molecule has 0 amide bonds. The van der Waals surface area contributed by atoms with Gasteiger partial charge in [-0.25, -0.2) is 9.67 Å². The zero-order chi connectivity index (χ0) is 15.6. The van der Waals surface area contributed by atoms with Gasteiger partial charge in [-0.3, -0.25) is 0 Å². The molecule has 0 unspecified atom stereocenters. The molecule has 2 heterocycles. The third-order valence-corrected chi connectivity index (χ3v) is 4.03. The first-order valence-electron chi connectivity index (χ1n) is 7.37. The fraction of sp³-hybridized carbons (Fsp3) is 0.500. The molecule has 0 aliphatic carbocycles. The molecule has 2 rings (SSSR count). The van der Waals surface area contributed by atoms with E-state index in [1.807, 2.05) is 18.5 Å². The van der Waals surface area contributed by atoms with Crippen molar-refractivity contribution in [3.05, 3.63) is 39.8 Å². The van der Waals surface area contributed by atoms with Crippen molar-refractivity contribution in [3.63, 3.8) is 0 Å². The van der Waals surface area contributed by atoms with Gasteiger partial charge >= 0.3 is 0 Å². The van der Waals surface area contributed by atoms with Crippen molar-refractivity contribution in [1.29, 1.82) is 0 Å². The Bertz CT molecular complexity index is 631. The maximum absolute atomic E-state index is 6.25. The zero-order valence-electron chi connectivity index (χ0n) is 13.4. The van der Waals surface area contributed by atoms with E-state index in [1.54, 1.807) is 0 Å². The second-order valence-corrected chi connectivity index (χ2v) is 5.97. The van der Waals surface area contributed by atoms with Crippen LogP contribution in [0.25, 0.3) is 5.82 Å². The van der Waals surface area contributed by atoms with E-state index in [1.165, 1.54) is 5.56 Å². The van der Waals surface area contributed by atoms with E-state index >= 15 is 0 Å². The van der Waals surface area contributed by atoms with Gasteiger partial charge in [0.2, 0.25) is 0 Å². The van der Waals surface area contributed by atoms with Crippen LogP contribution < -0.4 is 5.32 Å².